The predicted octanol–water partition coefficient (Wildman–Crippen LogP) is 4.90. The maximum atomic E-state index is 13.0. The number of benzene rings is 1. The van der Waals surface area contributed by atoms with Crippen LogP contribution < -0.4 is 5.32 Å². The van der Waals surface area contributed by atoms with Gasteiger partial charge < -0.3 is 14.6 Å². The summed E-state index contributed by atoms with van der Waals surface area (Å²) in [5.41, 5.74) is 2.01. The fraction of sp³-hybridized carbons (Fsp3) is 0.524. The molecule has 2 aromatic rings. The lowest BCUT2D eigenvalue weighted by Crippen LogP contribution is -2.36. The first-order chi connectivity index (χ1) is 12.5. The normalized spacial score (nSPS) is 20.4. The van der Waals surface area contributed by atoms with Crippen molar-refractivity contribution in [2.75, 3.05) is 19.4 Å². The minimum atomic E-state index is -2.42. The van der Waals surface area contributed by atoms with E-state index in [-0.39, 0.29) is 6.42 Å². The number of furan rings is 1. The Bertz CT molecular complexity index is 809. The Balaban J connectivity index is 1.86. The topological polar surface area (TPSA) is 28.4 Å². The van der Waals surface area contributed by atoms with Crippen LogP contribution in [0.25, 0.3) is 11.0 Å². The van der Waals surface area contributed by atoms with Gasteiger partial charge in [0, 0.05) is 29.5 Å². The minimum Gasteiger partial charge on any atom is -0.445 e. The molecule has 0 bridgehead atoms. The molecule has 0 saturated heterocycles. The van der Waals surface area contributed by atoms with Crippen LogP contribution in [0, 0.1) is 11.8 Å². The van der Waals surface area contributed by atoms with Crippen molar-refractivity contribution < 1.29 is 13.2 Å². The van der Waals surface area contributed by atoms with E-state index >= 15 is 0 Å². The Kier molecular flexibility index (Phi) is 5.83. The van der Waals surface area contributed by atoms with Crippen LogP contribution in [-0.2, 0) is 6.42 Å². The molecule has 0 amide bonds. The Hall–Kier alpha value is -2.06. The van der Waals surface area contributed by atoms with Gasteiger partial charge in [0.15, 0.2) is 11.3 Å². The third-order valence-electron chi connectivity index (χ3n) is 5.20. The number of rotatable bonds is 5. The zero-order chi connectivity index (χ0) is 18.7. The molecule has 0 atom stereocenters. The molecule has 5 heteroatoms. The highest BCUT2D eigenvalue weighted by molar-refractivity contribution is 5.93. The average Bonchev–Trinajstić information content (AvgIpc) is 2.94. The molecule has 1 aliphatic rings. The van der Waals surface area contributed by atoms with E-state index < -0.39 is 6.43 Å². The fourth-order valence-electron chi connectivity index (χ4n) is 3.81. The van der Waals surface area contributed by atoms with Gasteiger partial charge in [-0.05, 0) is 58.7 Å². The number of hydrogen-bond acceptors (Lipinski definition) is 3. The Morgan fingerprint density at radius 1 is 1.23 bits per heavy atom. The molecule has 0 aliphatic heterocycles. The van der Waals surface area contributed by atoms with E-state index in [1.165, 1.54) is 0 Å². The molecule has 1 fully saturated rings. The Labute approximate surface area is 153 Å². The second-order valence-electron chi connectivity index (χ2n) is 7.18. The Morgan fingerprint density at radius 3 is 2.58 bits per heavy atom. The van der Waals surface area contributed by atoms with Crippen LogP contribution in [0.5, 0.6) is 0 Å². The van der Waals surface area contributed by atoms with E-state index in [0.717, 1.165) is 36.8 Å². The van der Waals surface area contributed by atoms with Crippen LogP contribution in [-0.4, -0.2) is 37.5 Å². The number of para-hydroxylation sites is 1. The molecular weight excluding hydrogens is 334 g/mol. The van der Waals surface area contributed by atoms with Crippen LogP contribution in [0.15, 0.2) is 22.6 Å². The number of alkyl halides is 2. The molecule has 3 rings (SSSR count). The third kappa shape index (κ3) is 4.02. The minimum absolute atomic E-state index is 0.339. The van der Waals surface area contributed by atoms with Gasteiger partial charge in [-0.3, -0.25) is 0 Å². The number of halogens is 2. The zero-order valence-corrected chi connectivity index (χ0v) is 15.6. The van der Waals surface area contributed by atoms with E-state index in [1.807, 2.05) is 18.2 Å². The summed E-state index contributed by atoms with van der Waals surface area (Å²) in [5.74, 6) is 5.95. The van der Waals surface area contributed by atoms with Crippen LogP contribution in [0.1, 0.15) is 43.9 Å². The molecule has 1 aromatic carbocycles. The SMILES string of the molecule is CC#Cc1oc2c(NC3CCC(N(C)C)CC3)cccc2c1CC(F)F. The second kappa shape index (κ2) is 8.09. The predicted molar refractivity (Wildman–Crippen MR) is 102 cm³/mol. The molecule has 1 heterocycles. The number of hydrogen-bond donors (Lipinski definition) is 1. The van der Waals surface area contributed by atoms with Gasteiger partial charge >= 0.3 is 0 Å². The van der Waals surface area contributed by atoms with Crippen molar-refractivity contribution in [2.24, 2.45) is 0 Å². The van der Waals surface area contributed by atoms with Gasteiger partial charge in [-0.1, -0.05) is 18.1 Å². The van der Waals surface area contributed by atoms with Gasteiger partial charge in [0.2, 0.25) is 6.43 Å². The number of fused-ring (bicyclic) bond motifs is 1. The molecule has 0 unspecified atom stereocenters. The molecule has 1 saturated carbocycles. The van der Waals surface area contributed by atoms with Crippen molar-refractivity contribution in [3.05, 3.63) is 29.5 Å². The van der Waals surface area contributed by atoms with Crippen LogP contribution >= 0.6 is 0 Å². The first-order valence-electron chi connectivity index (χ1n) is 9.17. The highest BCUT2D eigenvalue weighted by atomic mass is 19.3. The second-order valence-corrected chi connectivity index (χ2v) is 7.18. The number of anilines is 1. The lowest BCUT2D eigenvalue weighted by molar-refractivity contribution is 0.149. The standard InChI is InChI=1S/C21H26F2N2O/c1-4-6-19-17(13-20(22)23)16-7-5-8-18(21(16)26-19)24-14-9-11-15(12-10-14)25(2)3/h5,7-8,14-15,20,24H,9-13H2,1-3H3. The zero-order valence-electron chi connectivity index (χ0n) is 15.6. The molecule has 1 aromatic heterocycles. The van der Waals surface area contributed by atoms with Gasteiger partial charge in [-0.15, -0.1) is 0 Å². The van der Waals surface area contributed by atoms with Gasteiger partial charge in [-0.2, -0.15) is 0 Å². The van der Waals surface area contributed by atoms with Gasteiger partial charge in [0.25, 0.3) is 0 Å². The first kappa shape index (κ1) is 18.7. The summed E-state index contributed by atoms with van der Waals surface area (Å²) < 4.78 is 31.9. The summed E-state index contributed by atoms with van der Waals surface area (Å²) in [4.78, 5) is 2.29. The monoisotopic (exact) mass is 360 g/mol. The highest BCUT2D eigenvalue weighted by Crippen LogP contribution is 2.34. The van der Waals surface area contributed by atoms with Gasteiger partial charge in [-0.25, -0.2) is 8.78 Å². The van der Waals surface area contributed by atoms with Crippen molar-refractivity contribution in [1.82, 2.24) is 4.90 Å². The largest absolute Gasteiger partial charge is 0.445 e. The van der Waals surface area contributed by atoms with E-state index in [4.69, 9.17) is 4.42 Å². The van der Waals surface area contributed by atoms with Crippen molar-refractivity contribution in [3.8, 4) is 11.8 Å². The summed E-state index contributed by atoms with van der Waals surface area (Å²) >= 11 is 0. The molecule has 1 N–H and O–H groups in total. The summed E-state index contributed by atoms with van der Waals surface area (Å²) in [6, 6.07) is 6.70. The van der Waals surface area contributed by atoms with E-state index in [1.54, 1.807) is 6.92 Å². The van der Waals surface area contributed by atoms with Crippen molar-refractivity contribution in [1.29, 1.82) is 0 Å². The molecule has 1 aliphatic carbocycles. The van der Waals surface area contributed by atoms with Gasteiger partial charge in [0.05, 0.1) is 5.69 Å². The maximum absolute atomic E-state index is 13.0. The maximum Gasteiger partial charge on any atom is 0.242 e. The van der Waals surface area contributed by atoms with E-state index in [2.05, 4.69) is 36.2 Å². The lowest BCUT2D eigenvalue weighted by Gasteiger charge is -2.33. The highest BCUT2D eigenvalue weighted by Gasteiger charge is 2.24. The van der Waals surface area contributed by atoms with Crippen LogP contribution in [0.3, 0.4) is 0 Å². The quantitative estimate of drug-likeness (QED) is 0.769. The molecule has 140 valence electrons. The molecule has 26 heavy (non-hydrogen) atoms. The number of nitrogens with zero attached hydrogens (tertiary/aromatic N) is 1. The first-order valence-corrected chi connectivity index (χ1v) is 9.17. The van der Waals surface area contributed by atoms with Crippen LogP contribution in [0.4, 0.5) is 14.5 Å². The molecule has 3 nitrogen and oxygen atoms in total. The fourth-order valence-corrected chi connectivity index (χ4v) is 3.81. The third-order valence-corrected chi connectivity index (χ3v) is 5.20. The number of nitrogens with one attached hydrogen (secondary N) is 1. The van der Waals surface area contributed by atoms with Crippen molar-refractivity contribution in [2.45, 2.75) is 57.5 Å². The summed E-state index contributed by atoms with van der Waals surface area (Å²) in [6.45, 7) is 1.68. The molecule has 0 spiro atoms. The van der Waals surface area contributed by atoms with E-state index in [9.17, 15) is 8.78 Å². The van der Waals surface area contributed by atoms with Crippen molar-refractivity contribution >= 4 is 16.7 Å². The Morgan fingerprint density at radius 2 is 1.96 bits per heavy atom. The van der Waals surface area contributed by atoms with Crippen molar-refractivity contribution in [3.63, 3.8) is 0 Å². The van der Waals surface area contributed by atoms with E-state index in [0.29, 0.717) is 29.0 Å². The molecular formula is C21H26F2N2O. The molecule has 0 radical (unpaired) electrons. The summed E-state index contributed by atoms with van der Waals surface area (Å²) in [7, 11) is 4.26. The summed E-state index contributed by atoms with van der Waals surface area (Å²) in [5, 5.41) is 4.30. The lowest BCUT2D eigenvalue weighted by atomic mass is 9.90. The average molecular weight is 360 g/mol. The smallest absolute Gasteiger partial charge is 0.242 e. The van der Waals surface area contributed by atoms with Crippen LogP contribution in [0.2, 0.25) is 0 Å². The van der Waals surface area contributed by atoms with Gasteiger partial charge in [0.1, 0.15) is 0 Å². The summed E-state index contributed by atoms with van der Waals surface area (Å²) in [6.07, 6.45) is 1.72.